The van der Waals surface area contributed by atoms with E-state index in [9.17, 15) is 4.79 Å². The van der Waals surface area contributed by atoms with Crippen molar-refractivity contribution >= 4 is 5.91 Å². The van der Waals surface area contributed by atoms with Crippen molar-refractivity contribution < 1.29 is 19.0 Å². The van der Waals surface area contributed by atoms with Gasteiger partial charge in [0.25, 0.3) is 0 Å². The van der Waals surface area contributed by atoms with E-state index in [1.54, 1.807) is 14.2 Å². The molecule has 0 spiro atoms. The van der Waals surface area contributed by atoms with Crippen molar-refractivity contribution in [3.63, 3.8) is 0 Å². The first kappa shape index (κ1) is 14.7. The van der Waals surface area contributed by atoms with Gasteiger partial charge in [-0.15, -0.1) is 0 Å². The lowest BCUT2D eigenvalue weighted by Crippen LogP contribution is -2.38. The Balaban J connectivity index is 1.91. The van der Waals surface area contributed by atoms with Crippen LogP contribution in [-0.4, -0.2) is 39.9 Å². The van der Waals surface area contributed by atoms with Crippen molar-refractivity contribution in [3.8, 4) is 11.5 Å². The van der Waals surface area contributed by atoms with Gasteiger partial charge < -0.3 is 19.5 Å². The van der Waals surface area contributed by atoms with E-state index >= 15 is 0 Å². The molecule has 1 aliphatic rings. The molecule has 110 valence electrons. The summed E-state index contributed by atoms with van der Waals surface area (Å²) in [5.74, 6) is 1.52. The van der Waals surface area contributed by atoms with Crippen molar-refractivity contribution in [2.75, 3.05) is 34.0 Å². The van der Waals surface area contributed by atoms with Crippen molar-refractivity contribution in [1.82, 2.24) is 5.32 Å². The maximum absolute atomic E-state index is 12.1. The van der Waals surface area contributed by atoms with Gasteiger partial charge in [0, 0.05) is 20.3 Å². The molecule has 1 amide bonds. The molecule has 1 aromatic rings. The number of ether oxygens (including phenoxy) is 3. The summed E-state index contributed by atoms with van der Waals surface area (Å²) >= 11 is 0. The summed E-state index contributed by atoms with van der Waals surface area (Å²) in [5, 5.41) is 2.92. The van der Waals surface area contributed by atoms with E-state index < -0.39 is 0 Å². The normalized spacial score (nSPS) is 17.0. The largest absolute Gasteiger partial charge is 0.497 e. The second-order valence-electron chi connectivity index (χ2n) is 4.82. The fourth-order valence-electron chi connectivity index (χ4n) is 2.24. The van der Waals surface area contributed by atoms with Crippen molar-refractivity contribution in [1.29, 1.82) is 0 Å². The molecule has 1 heterocycles. The van der Waals surface area contributed by atoms with Gasteiger partial charge in [0.2, 0.25) is 5.91 Å². The highest BCUT2D eigenvalue weighted by molar-refractivity contribution is 5.79. The number of nitrogens with one attached hydrogen (secondary N) is 1. The smallest absolute Gasteiger partial charge is 0.226 e. The summed E-state index contributed by atoms with van der Waals surface area (Å²) in [4.78, 5) is 12.1. The van der Waals surface area contributed by atoms with Gasteiger partial charge in [0.1, 0.15) is 18.1 Å². The molecule has 1 aromatic carbocycles. The van der Waals surface area contributed by atoms with Gasteiger partial charge in [0.05, 0.1) is 13.0 Å². The van der Waals surface area contributed by atoms with Gasteiger partial charge in [-0.3, -0.25) is 4.79 Å². The Morgan fingerprint density at radius 2 is 2.30 bits per heavy atom. The SMILES string of the molecule is COCCCNC(=O)C1COc2ccc(OC)cc2C1. The minimum absolute atomic E-state index is 0.0366. The Morgan fingerprint density at radius 3 is 3.05 bits per heavy atom. The van der Waals surface area contributed by atoms with E-state index in [0.29, 0.717) is 26.2 Å². The van der Waals surface area contributed by atoms with Crippen LogP contribution in [0.2, 0.25) is 0 Å². The summed E-state index contributed by atoms with van der Waals surface area (Å²) in [7, 11) is 3.28. The third-order valence-electron chi connectivity index (χ3n) is 3.37. The zero-order valence-corrected chi connectivity index (χ0v) is 12.0. The second-order valence-corrected chi connectivity index (χ2v) is 4.82. The molecule has 1 N–H and O–H groups in total. The average Bonchev–Trinajstić information content (AvgIpc) is 2.50. The van der Waals surface area contributed by atoms with Gasteiger partial charge in [-0.05, 0) is 36.6 Å². The van der Waals surface area contributed by atoms with Gasteiger partial charge >= 0.3 is 0 Å². The summed E-state index contributed by atoms with van der Waals surface area (Å²) in [6.45, 7) is 1.71. The van der Waals surface area contributed by atoms with Crippen LogP contribution in [0.25, 0.3) is 0 Å². The number of carbonyl (C=O) groups excluding carboxylic acids is 1. The molecule has 1 unspecified atom stereocenters. The Kier molecular flexibility index (Phi) is 5.24. The second kappa shape index (κ2) is 7.14. The van der Waals surface area contributed by atoms with Gasteiger partial charge in [0.15, 0.2) is 0 Å². The molecule has 0 fully saturated rings. The lowest BCUT2D eigenvalue weighted by Gasteiger charge is -2.25. The van der Waals surface area contributed by atoms with E-state index in [-0.39, 0.29) is 11.8 Å². The van der Waals surface area contributed by atoms with Crippen LogP contribution in [0.1, 0.15) is 12.0 Å². The molecule has 0 aromatic heterocycles. The Hall–Kier alpha value is -1.75. The average molecular weight is 279 g/mol. The van der Waals surface area contributed by atoms with Crippen LogP contribution in [0.5, 0.6) is 11.5 Å². The zero-order chi connectivity index (χ0) is 14.4. The highest BCUT2D eigenvalue weighted by Crippen LogP contribution is 2.30. The maximum Gasteiger partial charge on any atom is 0.226 e. The first-order valence-corrected chi connectivity index (χ1v) is 6.81. The molecule has 20 heavy (non-hydrogen) atoms. The number of hydrogen-bond donors (Lipinski definition) is 1. The predicted molar refractivity (Wildman–Crippen MR) is 75.2 cm³/mol. The van der Waals surface area contributed by atoms with E-state index in [2.05, 4.69) is 5.32 Å². The summed E-state index contributed by atoms with van der Waals surface area (Å²) in [6, 6.07) is 5.69. The first-order chi connectivity index (χ1) is 9.74. The van der Waals surface area contributed by atoms with Crippen LogP contribution < -0.4 is 14.8 Å². The molecule has 0 saturated heterocycles. The molecule has 5 nitrogen and oxygen atoms in total. The van der Waals surface area contributed by atoms with Crippen molar-refractivity contribution in [2.45, 2.75) is 12.8 Å². The van der Waals surface area contributed by atoms with Crippen LogP contribution in [0.4, 0.5) is 0 Å². The monoisotopic (exact) mass is 279 g/mol. The molecule has 0 bridgehead atoms. The third kappa shape index (κ3) is 3.63. The van der Waals surface area contributed by atoms with Crippen LogP contribution in [0, 0.1) is 5.92 Å². The molecular weight excluding hydrogens is 258 g/mol. The number of rotatable bonds is 6. The quantitative estimate of drug-likeness (QED) is 0.800. The number of hydrogen-bond acceptors (Lipinski definition) is 4. The Morgan fingerprint density at radius 1 is 1.45 bits per heavy atom. The Labute approximate surface area is 119 Å². The number of fused-ring (bicyclic) bond motifs is 1. The molecule has 0 radical (unpaired) electrons. The number of carbonyl (C=O) groups is 1. The van der Waals surface area contributed by atoms with Crippen molar-refractivity contribution in [3.05, 3.63) is 23.8 Å². The molecule has 2 rings (SSSR count). The number of amides is 1. The van der Waals surface area contributed by atoms with Crippen molar-refractivity contribution in [2.24, 2.45) is 5.92 Å². The van der Waals surface area contributed by atoms with Crippen LogP contribution in [0.3, 0.4) is 0 Å². The van der Waals surface area contributed by atoms with Gasteiger partial charge in [-0.25, -0.2) is 0 Å². The van der Waals surface area contributed by atoms with Gasteiger partial charge in [-0.1, -0.05) is 0 Å². The zero-order valence-electron chi connectivity index (χ0n) is 12.0. The highest BCUT2D eigenvalue weighted by atomic mass is 16.5. The summed E-state index contributed by atoms with van der Waals surface area (Å²) < 4.78 is 15.8. The fourth-order valence-corrected chi connectivity index (χ4v) is 2.24. The lowest BCUT2D eigenvalue weighted by molar-refractivity contribution is -0.126. The molecule has 0 saturated carbocycles. The standard InChI is InChI=1S/C15H21NO4/c1-18-7-3-6-16-15(17)12-8-11-9-13(19-2)4-5-14(11)20-10-12/h4-5,9,12H,3,6-8,10H2,1-2H3,(H,16,17). The van der Waals surface area contributed by atoms with E-state index in [0.717, 1.165) is 23.5 Å². The van der Waals surface area contributed by atoms with Crippen LogP contribution in [0.15, 0.2) is 18.2 Å². The number of methoxy groups -OCH3 is 2. The van der Waals surface area contributed by atoms with Crippen LogP contribution >= 0.6 is 0 Å². The fraction of sp³-hybridized carbons (Fsp3) is 0.533. The predicted octanol–water partition coefficient (Wildman–Crippen LogP) is 1.40. The highest BCUT2D eigenvalue weighted by Gasteiger charge is 2.26. The third-order valence-corrected chi connectivity index (χ3v) is 3.37. The lowest BCUT2D eigenvalue weighted by atomic mass is 9.96. The first-order valence-electron chi connectivity index (χ1n) is 6.81. The maximum atomic E-state index is 12.1. The number of benzene rings is 1. The van der Waals surface area contributed by atoms with E-state index in [1.165, 1.54) is 0 Å². The summed E-state index contributed by atoms with van der Waals surface area (Å²) in [5.41, 5.74) is 1.02. The molecule has 0 aliphatic carbocycles. The minimum Gasteiger partial charge on any atom is -0.497 e. The molecule has 1 aliphatic heterocycles. The van der Waals surface area contributed by atoms with Gasteiger partial charge in [-0.2, -0.15) is 0 Å². The van der Waals surface area contributed by atoms with E-state index in [1.807, 2.05) is 18.2 Å². The Bertz CT molecular complexity index is 461. The topological polar surface area (TPSA) is 56.8 Å². The molecule has 1 atom stereocenters. The van der Waals surface area contributed by atoms with E-state index in [4.69, 9.17) is 14.2 Å². The molecule has 5 heteroatoms. The summed E-state index contributed by atoms with van der Waals surface area (Å²) in [6.07, 6.45) is 1.50. The van der Waals surface area contributed by atoms with Crippen LogP contribution in [-0.2, 0) is 16.0 Å². The minimum atomic E-state index is -0.142. The molecular formula is C15H21NO4.